The fourth-order valence-electron chi connectivity index (χ4n) is 2.44. The predicted octanol–water partition coefficient (Wildman–Crippen LogP) is 1.74. The molecule has 1 aliphatic rings. The SMILES string of the molecule is CCOC(=O)N[C@@H]1CCCN(C(=O)c2cccc(C)n2)C1. The molecule has 2 rings (SSSR count). The van der Waals surface area contributed by atoms with Crippen LogP contribution >= 0.6 is 0 Å². The van der Waals surface area contributed by atoms with Gasteiger partial charge in [-0.05, 0) is 38.8 Å². The second-order valence-corrected chi connectivity index (χ2v) is 5.12. The van der Waals surface area contributed by atoms with Crippen molar-refractivity contribution >= 4 is 12.0 Å². The van der Waals surface area contributed by atoms with Crippen molar-refractivity contribution < 1.29 is 14.3 Å². The van der Waals surface area contributed by atoms with Gasteiger partial charge in [-0.1, -0.05) is 6.07 Å². The zero-order chi connectivity index (χ0) is 15.2. The van der Waals surface area contributed by atoms with E-state index in [0.29, 0.717) is 25.4 Å². The highest BCUT2D eigenvalue weighted by Gasteiger charge is 2.26. The molecule has 1 saturated heterocycles. The summed E-state index contributed by atoms with van der Waals surface area (Å²) < 4.78 is 4.87. The number of ether oxygens (including phenoxy) is 1. The Balaban J connectivity index is 1.97. The highest BCUT2D eigenvalue weighted by molar-refractivity contribution is 5.92. The van der Waals surface area contributed by atoms with E-state index in [1.54, 1.807) is 17.9 Å². The van der Waals surface area contributed by atoms with Crippen LogP contribution in [0.15, 0.2) is 18.2 Å². The molecule has 2 amide bonds. The molecule has 1 fully saturated rings. The fourth-order valence-corrected chi connectivity index (χ4v) is 2.44. The Kier molecular flexibility index (Phi) is 5.14. The molecule has 0 spiro atoms. The number of alkyl carbamates (subject to hydrolysis) is 1. The standard InChI is InChI=1S/C15H21N3O3/c1-3-21-15(20)17-12-7-5-9-18(10-12)14(19)13-8-4-6-11(2)16-13/h4,6,8,12H,3,5,7,9-10H2,1-2H3,(H,17,20)/t12-/m1/s1. The fraction of sp³-hybridized carbons (Fsp3) is 0.533. The summed E-state index contributed by atoms with van der Waals surface area (Å²) in [6, 6.07) is 5.34. The number of nitrogens with zero attached hydrogens (tertiary/aromatic N) is 2. The van der Waals surface area contributed by atoms with E-state index >= 15 is 0 Å². The Morgan fingerprint density at radius 3 is 3.00 bits per heavy atom. The number of likely N-dealkylation sites (tertiary alicyclic amines) is 1. The lowest BCUT2D eigenvalue weighted by Crippen LogP contribution is -2.49. The monoisotopic (exact) mass is 291 g/mol. The molecule has 0 bridgehead atoms. The van der Waals surface area contributed by atoms with Gasteiger partial charge in [-0.15, -0.1) is 0 Å². The molecule has 2 heterocycles. The summed E-state index contributed by atoms with van der Waals surface area (Å²) in [7, 11) is 0. The summed E-state index contributed by atoms with van der Waals surface area (Å²) in [6.45, 7) is 5.15. The van der Waals surface area contributed by atoms with Gasteiger partial charge in [0.15, 0.2) is 0 Å². The molecule has 21 heavy (non-hydrogen) atoms. The Morgan fingerprint density at radius 1 is 1.48 bits per heavy atom. The Morgan fingerprint density at radius 2 is 2.29 bits per heavy atom. The van der Waals surface area contributed by atoms with E-state index in [9.17, 15) is 9.59 Å². The topological polar surface area (TPSA) is 71.5 Å². The second kappa shape index (κ2) is 7.06. The first-order chi connectivity index (χ1) is 10.1. The number of carbonyl (C=O) groups is 2. The second-order valence-electron chi connectivity index (χ2n) is 5.12. The van der Waals surface area contributed by atoms with Crippen molar-refractivity contribution in [3.63, 3.8) is 0 Å². The molecule has 0 aromatic carbocycles. The van der Waals surface area contributed by atoms with E-state index in [4.69, 9.17) is 4.74 Å². The normalized spacial score (nSPS) is 18.2. The van der Waals surface area contributed by atoms with Gasteiger partial charge in [0.05, 0.1) is 6.61 Å². The van der Waals surface area contributed by atoms with Crippen LogP contribution in [-0.2, 0) is 4.74 Å². The minimum atomic E-state index is -0.425. The molecule has 1 atom stereocenters. The number of carbonyl (C=O) groups excluding carboxylic acids is 2. The Bertz CT molecular complexity index is 519. The summed E-state index contributed by atoms with van der Waals surface area (Å²) in [5.74, 6) is -0.0888. The predicted molar refractivity (Wildman–Crippen MR) is 78.1 cm³/mol. The number of amides is 2. The third kappa shape index (κ3) is 4.18. The van der Waals surface area contributed by atoms with Crippen LogP contribution in [0.25, 0.3) is 0 Å². The maximum atomic E-state index is 12.4. The van der Waals surface area contributed by atoms with Crippen LogP contribution < -0.4 is 5.32 Å². The van der Waals surface area contributed by atoms with Gasteiger partial charge >= 0.3 is 6.09 Å². The van der Waals surface area contributed by atoms with Crippen LogP contribution in [0.5, 0.6) is 0 Å². The first-order valence-electron chi connectivity index (χ1n) is 7.26. The third-order valence-corrected chi connectivity index (χ3v) is 3.41. The van der Waals surface area contributed by atoms with Crippen molar-refractivity contribution in [3.05, 3.63) is 29.6 Å². The molecular weight excluding hydrogens is 270 g/mol. The van der Waals surface area contributed by atoms with Gasteiger partial charge in [-0.3, -0.25) is 4.79 Å². The molecule has 6 heteroatoms. The van der Waals surface area contributed by atoms with Crippen LogP contribution in [0.3, 0.4) is 0 Å². The van der Waals surface area contributed by atoms with E-state index in [1.165, 1.54) is 0 Å². The van der Waals surface area contributed by atoms with Crippen molar-refractivity contribution in [1.29, 1.82) is 0 Å². The van der Waals surface area contributed by atoms with Crippen molar-refractivity contribution in [2.75, 3.05) is 19.7 Å². The highest BCUT2D eigenvalue weighted by Crippen LogP contribution is 2.13. The van der Waals surface area contributed by atoms with Gasteiger partial charge in [0, 0.05) is 24.8 Å². The van der Waals surface area contributed by atoms with E-state index < -0.39 is 6.09 Å². The van der Waals surface area contributed by atoms with Crippen LogP contribution in [0.1, 0.15) is 35.9 Å². The van der Waals surface area contributed by atoms with Crippen molar-refractivity contribution in [2.24, 2.45) is 0 Å². The lowest BCUT2D eigenvalue weighted by Gasteiger charge is -2.32. The van der Waals surface area contributed by atoms with E-state index in [0.717, 1.165) is 18.5 Å². The Labute approximate surface area is 124 Å². The maximum absolute atomic E-state index is 12.4. The lowest BCUT2D eigenvalue weighted by molar-refractivity contribution is 0.0680. The number of rotatable bonds is 3. The molecule has 1 aromatic rings. The lowest BCUT2D eigenvalue weighted by atomic mass is 10.1. The zero-order valence-electron chi connectivity index (χ0n) is 12.5. The number of piperidine rings is 1. The van der Waals surface area contributed by atoms with Crippen LogP contribution in [0.4, 0.5) is 4.79 Å². The van der Waals surface area contributed by atoms with Gasteiger partial charge in [0.2, 0.25) is 0 Å². The minimum absolute atomic E-state index is 0.0634. The quantitative estimate of drug-likeness (QED) is 0.920. The smallest absolute Gasteiger partial charge is 0.407 e. The number of aromatic nitrogens is 1. The van der Waals surface area contributed by atoms with Gasteiger partial charge in [0.25, 0.3) is 5.91 Å². The number of nitrogens with one attached hydrogen (secondary N) is 1. The number of pyridine rings is 1. The average Bonchev–Trinajstić information content (AvgIpc) is 2.47. The molecular formula is C15H21N3O3. The van der Waals surface area contributed by atoms with Crippen molar-refractivity contribution in [2.45, 2.75) is 32.7 Å². The van der Waals surface area contributed by atoms with E-state index in [1.807, 2.05) is 19.1 Å². The summed E-state index contributed by atoms with van der Waals surface area (Å²) in [6.07, 6.45) is 1.28. The summed E-state index contributed by atoms with van der Waals surface area (Å²) in [5.41, 5.74) is 1.27. The van der Waals surface area contributed by atoms with Crippen molar-refractivity contribution in [3.8, 4) is 0 Å². The van der Waals surface area contributed by atoms with Gasteiger partial charge in [0.1, 0.15) is 5.69 Å². The molecule has 0 aliphatic carbocycles. The van der Waals surface area contributed by atoms with Crippen molar-refractivity contribution in [1.82, 2.24) is 15.2 Å². The maximum Gasteiger partial charge on any atom is 0.407 e. The molecule has 0 unspecified atom stereocenters. The van der Waals surface area contributed by atoms with Gasteiger partial charge in [-0.25, -0.2) is 9.78 Å². The van der Waals surface area contributed by atoms with Crippen LogP contribution in [0, 0.1) is 6.92 Å². The summed E-state index contributed by atoms with van der Waals surface area (Å²) >= 11 is 0. The molecule has 114 valence electrons. The molecule has 1 aromatic heterocycles. The largest absolute Gasteiger partial charge is 0.450 e. The van der Waals surface area contributed by atoms with Crippen LogP contribution in [-0.4, -0.2) is 47.6 Å². The first kappa shape index (κ1) is 15.3. The van der Waals surface area contributed by atoms with Gasteiger partial charge in [-0.2, -0.15) is 0 Å². The van der Waals surface area contributed by atoms with Gasteiger partial charge < -0.3 is 15.0 Å². The molecule has 1 aliphatic heterocycles. The molecule has 0 saturated carbocycles. The van der Waals surface area contributed by atoms with E-state index in [-0.39, 0.29) is 11.9 Å². The van der Waals surface area contributed by atoms with Crippen LogP contribution in [0.2, 0.25) is 0 Å². The zero-order valence-corrected chi connectivity index (χ0v) is 12.5. The molecule has 1 N–H and O–H groups in total. The third-order valence-electron chi connectivity index (χ3n) is 3.41. The highest BCUT2D eigenvalue weighted by atomic mass is 16.5. The minimum Gasteiger partial charge on any atom is -0.450 e. The van der Waals surface area contributed by atoms with E-state index in [2.05, 4.69) is 10.3 Å². The Hall–Kier alpha value is -2.11. The summed E-state index contributed by atoms with van der Waals surface area (Å²) in [4.78, 5) is 29.9. The first-order valence-corrected chi connectivity index (χ1v) is 7.26. The summed E-state index contributed by atoms with van der Waals surface area (Å²) in [5, 5.41) is 2.79. The molecule has 0 radical (unpaired) electrons. The average molecular weight is 291 g/mol. The molecule has 6 nitrogen and oxygen atoms in total. The number of hydrogen-bond acceptors (Lipinski definition) is 4. The number of aryl methyl sites for hydroxylation is 1. The number of hydrogen-bond donors (Lipinski definition) is 1.